The van der Waals surface area contributed by atoms with Crippen molar-refractivity contribution in [2.45, 2.75) is 264 Å². The summed E-state index contributed by atoms with van der Waals surface area (Å²) in [6, 6.07) is -0.720. The van der Waals surface area contributed by atoms with Crippen LogP contribution in [0.5, 0.6) is 0 Å². The van der Waals surface area contributed by atoms with Crippen molar-refractivity contribution >= 4 is 11.9 Å². The monoisotopic (exact) mass is 866 g/mol. The van der Waals surface area contributed by atoms with E-state index >= 15 is 0 Å². The van der Waals surface area contributed by atoms with Gasteiger partial charge in [-0.15, -0.1) is 0 Å². The van der Waals surface area contributed by atoms with E-state index in [4.69, 9.17) is 4.74 Å². The number of unbranched alkanes of at least 4 members (excludes halogenated alkanes) is 26. The lowest BCUT2D eigenvalue weighted by molar-refractivity contribution is -0.151. The number of allylic oxidation sites excluding steroid dienone is 12. The predicted molar refractivity (Wildman–Crippen MR) is 268 cm³/mol. The molecular weight excluding hydrogens is 767 g/mol. The van der Waals surface area contributed by atoms with Crippen molar-refractivity contribution < 1.29 is 24.5 Å². The molecule has 0 aliphatic carbocycles. The molecule has 0 bridgehead atoms. The van der Waals surface area contributed by atoms with Gasteiger partial charge in [0.15, 0.2) is 0 Å². The minimum atomic E-state index is -0.803. The maximum atomic E-state index is 13.2. The number of hydrogen-bond donors (Lipinski definition) is 3. The molecule has 6 nitrogen and oxygen atoms in total. The highest BCUT2D eigenvalue weighted by Crippen LogP contribution is 2.18. The van der Waals surface area contributed by atoms with Crippen LogP contribution in [0.25, 0.3) is 0 Å². The van der Waals surface area contributed by atoms with Crippen molar-refractivity contribution in [2.24, 2.45) is 0 Å². The fraction of sp³-hybridized carbons (Fsp3) is 0.750. The molecular formula is C56H99NO5. The number of ether oxygens (including phenoxy) is 1. The third-order valence-corrected chi connectivity index (χ3v) is 11.6. The average molecular weight is 866 g/mol. The SMILES string of the molecule is CC/C=C/C=C/C=C\C=C/C=C/CCCC(=O)OC(CCCCCCCCC/C=C/CCCCCCCC)CC(=O)NC(CO)C(O)CCCCCCCCCCCCCCC. The lowest BCUT2D eigenvalue weighted by atomic mass is 10.0. The molecule has 62 heavy (non-hydrogen) atoms. The zero-order valence-corrected chi connectivity index (χ0v) is 40.7. The molecule has 0 aromatic carbocycles. The van der Waals surface area contributed by atoms with Crippen LogP contribution in [0, 0.1) is 0 Å². The van der Waals surface area contributed by atoms with E-state index in [0.717, 1.165) is 51.4 Å². The second-order valence-electron chi connectivity index (χ2n) is 17.7. The Morgan fingerprint density at radius 2 is 0.887 bits per heavy atom. The largest absolute Gasteiger partial charge is 0.462 e. The van der Waals surface area contributed by atoms with Gasteiger partial charge in [0.25, 0.3) is 0 Å². The first-order valence-electron chi connectivity index (χ1n) is 26.2. The molecule has 0 spiro atoms. The van der Waals surface area contributed by atoms with E-state index < -0.39 is 18.2 Å². The van der Waals surface area contributed by atoms with E-state index in [1.165, 1.54) is 141 Å². The average Bonchev–Trinajstić information content (AvgIpc) is 3.26. The summed E-state index contributed by atoms with van der Waals surface area (Å²) in [4.78, 5) is 26.1. The van der Waals surface area contributed by atoms with Crippen molar-refractivity contribution in [3.8, 4) is 0 Å². The van der Waals surface area contributed by atoms with E-state index in [-0.39, 0.29) is 24.9 Å². The van der Waals surface area contributed by atoms with Crippen LogP contribution in [0.1, 0.15) is 245 Å². The molecule has 1 amide bonds. The summed E-state index contributed by atoms with van der Waals surface area (Å²) >= 11 is 0. The van der Waals surface area contributed by atoms with Gasteiger partial charge in [0, 0.05) is 6.42 Å². The van der Waals surface area contributed by atoms with E-state index in [1.54, 1.807) is 0 Å². The molecule has 0 radical (unpaired) electrons. The van der Waals surface area contributed by atoms with Gasteiger partial charge in [-0.25, -0.2) is 0 Å². The van der Waals surface area contributed by atoms with Gasteiger partial charge in [-0.1, -0.05) is 241 Å². The molecule has 0 aliphatic heterocycles. The lowest BCUT2D eigenvalue weighted by Crippen LogP contribution is -2.46. The number of carbonyl (C=O) groups excluding carboxylic acids is 2. The third kappa shape index (κ3) is 43.9. The van der Waals surface area contributed by atoms with Crippen LogP contribution in [-0.4, -0.2) is 46.9 Å². The lowest BCUT2D eigenvalue weighted by Gasteiger charge is -2.24. The van der Waals surface area contributed by atoms with Crippen molar-refractivity contribution in [2.75, 3.05) is 6.61 Å². The van der Waals surface area contributed by atoms with Crippen molar-refractivity contribution in [1.82, 2.24) is 5.32 Å². The molecule has 3 atom stereocenters. The van der Waals surface area contributed by atoms with Crippen LogP contribution < -0.4 is 5.32 Å². The number of nitrogens with one attached hydrogen (secondary N) is 1. The minimum Gasteiger partial charge on any atom is -0.462 e. The van der Waals surface area contributed by atoms with Gasteiger partial charge in [-0.3, -0.25) is 9.59 Å². The quantitative estimate of drug-likeness (QED) is 0.0245. The Morgan fingerprint density at radius 1 is 0.484 bits per heavy atom. The summed E-state index contributed by atoms with van der Waals surface area (Å²) in [6.07, 6.45) is 62.5. The number of amides is 1. The molecule has 0 heterocycles. The molecule has 0 saturated carbocycles. The van der Waals surface area contributed by atoms with E-state index in [0.29, 0.717) is 25.7 Å². The van der Waals surface area contributed by atoms with Crippen molar-refractivity contribution in [3.05, 3.63) is 72.9 Å². The van der Waals surface area contributed by atoms with Gasteiger partial charge in [0.1, 0.15) is 6.10 Å². The van der Waals surface area contributed by atoms with E-state index in [9.17, 15) is 19.8 Å². The van der Waals surface area contributed by atoms with E-state index in [2.05, 4.69) is 50.4 Å². The Balaban J connectivity index is 4.68. The topological polar surface area (TPSA) is 95.9 Å². The maximum absolute atomic E-state index is 13.2. The maximum Gasteiger partial charge on any atom is 0.306 e. The molecule has 0 rings (SSSR count). The first-order valence-corrected chi connectivity index (χ1v) is 26.2. The third-order valence-electron chi connectivity index (χ3n) is 11.6. The number of rotatable bonds is 46. The Labute approximate surface area is 383 Å². The van der Waals surface area contributed by atoms with Crippen LogP contribution in [0.15, 0.2) is 72.9 Å². The van der Waals surface area contributed by atoms with Crippen molar-refractivity contribution in [1.29, 1.82) is 0 Å². The van der Waals surface area contributed by atoms with Crippen molar-refractivity contribution in [3.63, 3.8) is 0 Å². The van der Waals surface area contributed by atoms with Gasteiger partial charge >= 0.3 is 5.97 Å². The summed E-state index contributed by atoms with van der Waals surface area (Å²) in [5.41, 5.74) is 0. The number of hydrogen-bond acceptors (Lipinski definition) is 5. The first-order chi connectivity index (χ1) is 30.5. The smallest absolute Gasteiger partial charge is 0.306 e. The zero-order chi connectivity index (χ0) is 45.2. The fourth-order valence-electron chi connectivity index (χ4n) is 7.69. The van der Waals surface area contributed by atoms with Gasteiger partial charge in [-0.05, 0) is 64.2 Å². The van der Waals surface area contributed by atoms with Gasteiger partial charge < -0.3 is 20.3 Å². The normalized spacial score (nSPS) is 13.8. The predicted octanol–water partition coefficient (Wildman–Crippen LogP) is 15.8. The fourth-order valence-corrected chi connectivity index (χ4v) is 7.69. The van der Waals surface area contributed by atoms with E-state index in [1.807, 2.05) is 48.6 Å². The van der Waals surface area contributed by atoms with Gasteiger partial charge in [-0.2, -0.15) is 0 Å². The molecule has 3 N–H and O–H groups in total. The molecule has 0 aromatic heterocycles. The first kappa shape index (κ1) is 59.3. The molecule has 3 unspecified atom stereocenters. The van der Waals surface area contributed by atoms with Crippen LogP contribution in [-0.2, 0) is 14.3 Å². The molecule has 0 aliphatic rings. The number of aliphatic hydroxyl groups is 2. The van der Waals surface area contributed by atoms with Crippen LogP contribution >= 0.6 is 0 Å². The Morgan fingerprint density at radius 3 is 1.35 bits per heavy atom. The summed E-state index contributed by atoms with van der Waals surface area (Å²) in [7, 11) is 0. The minimum absolute atomic E-state index is 0.0440. The Kier molecular flexibility index (Phi) is 47.2. The molecule has 0 fully saturated rings. The highest BCUT2D eigenvalue weighted by atomic mass is 16.5. The molecule has 6 heteroatoms. The molecule has 0 aromatic rings. The summed E-state index contributed by atoms with van der Waals surface area (Å²) < 4.78 is 5.90. The number of aliphatic hydroxyl groups excluding tert-OH is 2. The molecule has 0 saturated heterocycles. The standard InChI is InChI=1S/C56H99NO5/c1-4-7-10-13-16-19-22-25-26-27-28-31-32-35-38-41-44-47-52(62-56(61)49-46-43-40-37-34-30-24-21-18-15-12-9-6-3)50-55(60)57-53(51-58)54(59)48-45-42-39-36-33-29-23-20-17-14-11-8-5-2/h9,12,15,18,21,24-26,30,34,37,40,52-54,58-59H,4-8,10-11,13-14,16-17,19-20,22-23,27-29,31-33,35-36,38-39,41-51H2,1-3H3,(H,57,60)/b12-9+,18-15+,24-21-,26-25+,34-30-,40-37+. The highest BCUT2D eigenvalue weighted by molar-refractivity contribution is 5.77. The number of carbonyl (C=O) groups is 2. The van der Waals surface area contributed by atoms with Crippen LogP contribution in [0.4, 0.5) is 0 Å². The Bertz CT molecular complexity index is 1150. The van der Waals surface area contributed by atoms with Crippen LogP contribution in [0.2, 0.25) is 0 Å². The summed E-state index contributed by atoms with van der Waals surface area (Å²) in [5.74, 6) is -0.565. The summed E-state index contributed by atoms with van der Waals surface area (Å²) in [5, 5.41) is 23.8. The second-order valence-corrected chi connectivity index (χ2v) is 17.7. The Hall–Kier alpha value is -2.70. The van der Waals surface area contributed by atoms with Gasteiger partial charge in [0.2, 0.25) is 5.91 Å². The summed E-state index contributed by atoms with van der Waals surface area (Å²) in [6.45, 7) is 6.32. The van der Waals surface area contributed by atoms with Gasteiger partial charge in [0.05, 0.1) is 25.2 Å². The number of esters is 1. The zero-order valence-electron chi connectivity index (χ0n) is 40.7. The van der Waals surface area contributed by atoms with Crippen LogP contribution in [0.3, 0.4) is 0 Å². The molecule has 358 valence electrons. The second kappa shape index (κ2) is 49.3. The highest BCUT2D eigenvalue weighted by Gasteiger charge is 2.24.